The van der Waals surface area contributed by atoms with E-state index in [2.05, 4.69) is 20.9 Å². The van der Waals surface area contributed by atoms with Crippen molar-refractivity contribution in [1.82, 2.24) is 0 Å². The lowest BCUT2D eigenvalue weighted by Gasteiger charge is -2.33. The molecule has 0 aromatic heterocycles. The Bertz CT molecular complexity index is 107. The Hall–Kier alpha value is -0.0800. The molecule has 0 spiro atoms. The van der Waals surface area contributed by atoms with E-state index >= 15 is 0 Å². The third-order valence-corrected chi connectivity index (χ3v) is 2.54. The molecule has 0 saturated heterocycles. The molecule has 0 N–H and O–H groups in total. The van der Waals surface area contributed by atoms with E-state index in [-0.39, 0.29) is 0 Å². The lowest BCUT2D eigenvalue weighted by atomic mass is 10.2. The van der Waals surface area contributed by atoms with Gasteiger partial charge in [0.15, 0.2) is 6.73 Å². The highest BCUT2D eigenvalue weighted by molar-refractivity contribution is 4.39. The number of ether oxygens (including phenoxy) is 1. The predicted molar refractivity (Wildman–Crippen MR) is 57.6 cm³/mol. The van der Waals surface area contributed by atoms with Crippen LogP contribution in [0.2, 0.25) is 0 Å². The van der Waals surface area contributed by atoms with Gasteiger partial charge in [-0.3, -0.25) is 0 Å². The number of rotatable bonds is 8. The van der Waals surface area contributed by atoms with Crippen molar-refractivity contribution in [2.75, 3.05) is 34.0 Å². The second-order valence-corrected chi connectivity index (χ2v) is 4.19. The molecule has 80 valence electrons. The van der Waals surface area contributed by atoms with Crippen molar-refractivity contribution in [2.45, 2.75) is 39.5 Å². The summed E-state index contributed by atoms with van der Waals surface area (Å²) in [6.07, 6.45) is 5.18. The van der Waals surface area contributed by atoms with Crippen LogP contribution in [0.5, 0.6) is 0 Å². The molecular weight excluding hydrogens is 162 g/mol. The van der Waals surface area contributed by atoms with Crippen LogP contribution in [-0.4, -0.2) is 38.5 Å². The van der Waals surface area contributed by atoms with Gasteiger partial charge in [0.1, 0.15) is 0 Å². The molecular formula is C11H26NO+. The highest BCUT2D eigenvalue weighted by Gasteiger charge is 2.19. The Balaban J connectivity index is 3.84. The van der Waals surface area contributed by atoms with E-state index < -0.39 is 0 Å². The van der Waals surface area contributed by atoms with Crippen molar-refractivity contribution in [3.8, 4) is 0 Å². The summed E-state index contributed by atoms with van der Waals surface area (Å²) in [5.74, 6) is 0. The van der Waals surface area contributed by atoms with Crippen LogP contribution in [0.1, 0.15) is 39.5 Å². The average molecular weight is 188 g/mol. The van der Waals surface area contributed by atoms with Crippen molar-refractivity contribution < 1.29 is 9.22 Å². The summed E-state index contributed by atoms with van der Waals surface area (Å²) in [6.45, 7) is 7.86. The summed E-state index contributed by atoms with van der Waals surface area (Å²) in [7, 11) is 4.10. The molecule has 13 heavy (non-hydrogen) atoms. The number of hydrogen-bond acceptors (Lipinski definition) is 1. The maximum Gasteiger partial charge on any atom is 0.182 e. The second kappa shape index (κ2) is 7.34. The van der Waals surface area contributed by atoms with Gasteiger partial charge in [0.05, 0.1) is 20.1 Å². The maximum absolute atomic E-state index is 5.27. The van der Waals surface area contributed by atoms with E-state index in [4.69, 9.17) is 4.74 Å². The molecule has 0 atom stereocenters. The standard InChI is InChI=1S/C11H26NO/c1-5-7-9-12(3,11-13-4)10-8-6-2/h5-11H2,1-4H3/q+1. The Morgan fingerprint density at radius 1 is 1.00 bits per heavy atom. The molecule has 0 aliphatic carbocycles. The first kappa shape index (κ1) is 12.9. The van der Waals surface area contributed by atoms with Crippen LogP contribution < -0.4 is 0 Å². The van der Waals surface area contributed by atoms with E-state index in [1.54, 1.807) is 7.11 Å². The number of unbranched alkanes of at least 4 members (excludes halogenated alkanes) is 2. The molecule has 0 rings (SSSR count). The van der Waals surface area contributed by atoms with Crippen LogP contribution in [0.25, 0.3) is 0 Å². The molecule has 2 nitrogen and oxygen atoms in total. The fourth-order valence-corrected chi connectivity index (χ4v) is 1.63. The number of methoxy groups -OCH3 is 1. The molecule has 2 heteroatoms. The van der Waals surface area contributed by atoms with E-state index in [0.717, 1.165) is 11.2 Å². The van der Waals surface area contributed by atoms with Crippen molar-refractivity contribution in [3.05, 3.63) is 0 Å². The zero-order chi connectivity index (χ0) is 10.2. The lowest BCUT2D eigenvalue weighted by Crippen LogP contribution is -2.46. The first-order valence-electron chi connectivity index (χ1n) is 5.51. The molecule has 0 aromatic rings. The Labute approximate surface area is 83.5 Å². The topological polar surface area (TPSA) is 9.23 Å². The Kier molecular flexibility index (Phi) is 7.29. The molecule has 0 amide bonds. The van der Waals surface area contributed by atoms with Gasteiger partial charge in [0.2, 0.25) is 0 Å². The van der Waals surface area contributed by atoms with Gasteiger partial charge >= 0.3 is 0 Å². The summed E-state index contributed by atoms with van der Waals surface area (Å²) < 4.78 is 6.35. The minimum Gasteiger partial charge on any atom is -0.335 e. The van der Waals surface area contributed by atoms with Gasteiger partial charge in [-0.05, 0) is 12.8 Å². The largest absolute Gasteiger partial charge is 0.335 e. The fraction of sp³-hybridized carbons (Fsp3) is 1.00. The van der Waals surface area contributed by atoms with Crippen LogP contribution in [0.15, 0.2) is 0 Å². The summed E-state index contributed by atoms with van der Waals surface area (Å²) in [6, 6.07) is 0. The van der Waals surface area contributed by atoms with E-state index in [9.17, 15) is 0 Å². The van der Waals surface area contributed by atoms with E-state index in [1.807, 2.05) is 0 Å². The normalized spacial score (nSPS) is 12.0. The van der Waals surface area contributed by atoms with Crippen LogP contribution in [0.4, 0.5) is 0 Å². The minimum atomic E-state index is 0.861. The number of quaternary nitrogens is 1. The Morgan fingerprint density at radius 3 is 1.77 bits per heavy atom. The van der Waals surface area contributed by atoms with Gasteiger partial charge in [0.25, 0.3) is 0 Å². The van der Waals surface area contributed by atoms with Gasteiger partial charge < -0.3 is 9.22 Å². The highest BCUT2D eigenvalue weighted by Crippen LogP contribution is 2.08. The Morgan fingerprint density at radius 2 is 1.46 bits per heavy atom. The van der Waals surface area contributed by atoms with Crippen molar-refractivity contribution in [3.63, 3.8) is 0 Å². The third-order valence-electron chi connectivity index (χ3n) is 2.54. The van der Waals surface area contributed by atoms with Gasteiger partial charge in [-0.15, -0.1) is 0 Å². The van der Waals surface area contributed by atoms with Crippen molar-refractivity contribution in [2.24, 2.45) is 0 Å². The van der Waals surface area contributed by atoms with Gasteiger partial charge in [-0.25, -0.2) is 0 Å². The van der Waals surface area contributed by atoms with Gasteiger partial charge in [0, 0.05) is 7.11 Å². The molecule has 0 aliphatic rings. The molecule has 0 unspecified atom stereocenters. The van der Waals surface area contributed by atoms with Crippen LogP contribution >= 0.6 is 0 Å². The minimum absolute atomic E-state index is 0.861. The van der Waals surface area contributed by atoms with Crippen molar-refractivity contribution in [1.29, 1.82) is 0 Å². The monoisotopic (exact) mass is 188 g/mol. The molecule has 0 heterocycles. The van der Waals surface area contributed by atoms with Crippen molar-refractivity contribution >= 4 is 0 Å². The van der Waals surface area contributed by atoms with Gasteiger partial charge in [-0.1, -0.05) is 26.7 Å². The number of nitrogens with zero attached hydrogens (tertiary/aromatic N) is 1. The quantitative estimate of drug-likeness (QED) is 0.420. The highest BCUT2D eigenvalue weighted by atomic mass is 16.5. The van der Waals surface area contributed by atoms with E-state index in [1.165, 1.54) is 38.8 Å². The van der Waals surface area contributed by atoms with Crippen LogP contribution in [0.3, 0.4) is 0 Å². The first-order chi connectivity index (χ1) is 6.18. The average Bonchev–Trinajstić information content (AvgIpc) is 2.12. The van der Waals surface area contributed by atoms with Crippen LogP contribution in [-0.2, 0) is 4.74 Å². The molecule has 0 saturated carbocycles. The fourth-order valence-electron chi connectivity index (χ4n) is 1.63. The second-order valence-electron chi connectivity index (χ2n) is 4.19. The molecule has 0 aliphatic heterocycles. The van der Waals surface area contributed by atoms with Gasteiger partial charge in [-0.2, -0.15) is 0 Å². The summed E-state index contributed by atoms with van der Waals surface area (Å²) in [5.41, 5.74) is 0. The first-order valence-corrected chi connectivity index (χ1v) is 5.51. The van der Waals surface area contributed by atoms with Crippen LogP contribution in [0, 0.1) is 0 Å². The summed E-state index contributed by atoms with van der Waals surface area (Å²) in [4.78, 5) is 0. The summed E-state index contributed by atoms with van der Waals surface area (Å²) in [5, 5.41) is 0. The maximum atomic E-state index is 5.27. The van der Waals surface area contributed by atoms with E-state index in [0.29, 0.717) is 0 Å². The lowest BCUT2D eigenvalue weighted by molar-refractivity contribution is -0.927. The third kappa shape index (κ3) is 6.05. The predicted octanol–water partition coefficient (Wildman–Crippen LogP) is 2.64. The smallest absolute Gasteiger partial charge is 0.182 e. The number of hydrogen-bond donors (Lipinski definition) is 0. The zero-order valence-corrected chi connectivity index (χ0v) is 9.81. The SMILES string of the molecule is CCCC[N+](C)(CCCC)COC. The summed E-state index contributed by atoms with van der Waals surface area (Å²) >= 11 is 0. The molecule has 0 bridgehead atoms. The zero-order valence-electron chi connectivity index (χ0n) is 9.81. The molecule has 0 radical (unpaired) electrons. The molecule has 0 aromatic carbocycles. The molecule has 0 fully saturated rings.